The Morgan fingerprint density at radius 3 is 1.06 bits per heavy atom. The fourth-order valence-corrected chi connectivity index (χ4v) is 24.4. The van der Waals surface area contributed by atoms with Crippen molar-refractivity contribution in [3.63, 3.8) is 0 Å². The lowest BCUT2D eigenvalue weighted by Gasteiger charge is -2.68. The van der Waals surface area contributed by atoms with Gasteiger partial charge in [-0.25, -0.2) is 4.67 Å². The Kier molecular flexibility index (Phi) is 8.48. The van der Waals surface area contributed by atoms with E-state index in [-0.39, 0.29) is 0 Å². The van der Waals surface area contributed by atoms with E-state index in [0.29, 0.717) is 11.6 Å². The molecule has 0 spiro atoms. The lowest BCUT2D eigenvalue weighted by atomic mass is 9.54. The van der Waals surface area contributed by atoms with Crippen LogP contribution in [0.5, 0.6) is 0 Å². The van der Waals surface area contributed by atoms with Gasteiger partial charge in [0.05, 0.1) is 6.04 Å². The Bertz CT molecular complexity index is 1360. The van der Waals surface area contributed by atoms with Gasteiger partial charge in [0.15, 0.2) is 7.51 Å². The second-order valence-electron chi connectivity index (χ2n) is 23.8. The molecule has 0 radical (unpaired) electrons. The zero-order valence-corrected chi connectivity index (χ0v) is 35.6. The van der Waals surface area contributed by atoms with Crippen LogP contribution in [0.25, 0.3) is 0 Å². The smallest absolute Gasteiger partial charge is 0.167 e. The Hall–Kier alpha value is 0.110. The fourth-order valence-electron chi connectivity index (χ4n) is 20.1. The van der Waals surface area contributed by atoms with Gasteiger partial charge in [0, 0.05) is 11.6 Å². The summed E-state index contributed by atoms with van der Waals surface area (Å²) in [4.78, 5) is 0. The van der Waals surface area contributed by atoms with Gasteiger partial charge in [-0.1, -0.05) is 38.5 Å². The molecule has 0 aliphatic heterocycles. The van der Waals surface area contributed by atoms with Crippen LogP contribution in [-0.4, -0.2) is 59.8 Å². The number of rotatable bonds is 11. The summed E-state index contributed by atoms with van der Waals surface area (Å²) in [5.41, 5.74) is 0.358. The molecule has 0 aromatic carbocycles. The van der Waals surface area contributed by atoms with Crippen molar-refractivity contribution >= 4 is 7.51 Å². The monoisotopic (exact) mass is 743 g/mol. The van der Waals surface area contributed by atoms with Crippen LogP contribution in [0.15, 0.2) is 4.74 Å². The standard InChI is InChI=1S/C48H79N4P/c1-50(2)53(51(3)4,49-46-28-34-10-16-40(46)22-34)52(47(41-23-29-5-11-35(41)17-29)42-24-30-6-12-36(42)18-30)48(43-25-31-7-13-37(43)19-31,44-26-32-8-14-38(44)20-32)45-27-33-9-15-39(45)21-33/h29-47H,5-28H2,1-4H3. The van der Waals surface area contributed by atoms with Crippen molar-refractivity contribution in [3.05, 3.63) is 0 Å². The molecule has 12 aliphatic carbocycles. The molecule has 18 atom stereocenters. The lowest BCUT2D eigenvalue weighted by molar-refractivity contribution is -0.115. The average molecular weight is 743 g/mol. The van der Waals surface area contributed by atoms with Gasteiger partial charge in [-0.2, -0.15) is 0 Å². The minimum Gasteiger partial charge on any atom is -0.257 e. The van der Waals surface area contributed by atoms with Crippen LogP contribution in [0.3, 0.4) is 0 Å². The topological polar surface area (TPSA) is 22.1 Å². The van der Waals surface area contributed by atoms with E-state index in [1.807, 2.05) is 0 Å². The summed E-state index contributed by atoms with van der Waals surface area (Å²) in [6, 6.07) is 1.38. The van der Waals surface area contributed by atoms with Crippen molar-refractivity contribution in [1.29, 1.82) is 0 Å². The molecule has 53 heavy (non-hydrogen) atoms. The molecule has 0 heterocycles. The lowest BCUT2D eigenvalue weighted by Crippen LogP contribution is -2.70. The van der Waals surface area contributed by atoms with Crippen LogP contribution in [0.4, 0.5) is 0 Å². The van der Waals surface area contributed by atoms with E-state index >= 15 is 0 Å². The van der Waals surface area contributed by atoms with Crippen molar-refractivity contribution in [2.45, 2.75) is 172 Å². The maximum Gasteiger partial charge on any atom is 0.167 e. The Morgan fingerprint density at radius 2 is 0.774 bits per heavy atom. The summed E-state index contributed by atoms with van der Waals surface area (Å²) < 4.78 is 16.5. The van der Waals surface area contributed by atoms with E-state index in [0.717, 1.165) is 107 Å². The van der Waals surface area contributed by atoms with Crippen molar-refractivity contribution < 1.29 is 0 Å². The second kappa shape index (κ2) is 12.8. The molecule has 12 saturated carbocycles. The maximum absolute atomic E-state index is 6.83. The molecule has 0 amide bonds. The Balaban J connectivity index is 1.16. The molecule has 12 aliphatic rings. The maximum atomic E-state index is 6.83. The van der Waals surface area contributed by atoms with Crippen LogP contribution < -0.4 is 0 Å². The van der Waals surface area contributed by atoms with Gasteiger partial charge in [0.25, 0.3) is 0 Å². The first kappa shape index (κ1) is 35.1. The van der Waals surface area contributed by atoms with E-state index in [1.165, 1.54) is 25.7 Å². The first-order valence-electron chi connectivity index (χ1n) is 24.6. The molecular weight excluding hydrogens is 664 g/mol. The molecule has 0 aromatic heterocycles. The van der Waals surface area contributed by atoms with E-state index in [1.54, 1.807) is 128 Å². The highest BCUT2D eigenvalue weighted by Gasteiger charge is 2.71. The average Bonchev–Trinajstić information content (AvgIpc) is 4.01. The van der Waals surface area contributed by atoms with Crippen LogP contribution in [0.2, 0.25) is 0 Å². The van der Waals surface area contributed by atoms with E-state index in [4.69, 9.17) is 4.74 Å². The zero-order chi connectivity index (χ0) is 35.4. The Morgan fingerprint density at radius 1 is 0.415 bits per heavy atom. The molecule has 0 N–H and O–H groups in total. The summed E-state index contributed by atoms with van der Waals surface area (Å²) in [5, 5.41) is 0. The molecule has 12 rings (SSSR count). The highest BCUT2D eigenvalue weighted by Crippen LogP contribution is 2.77. The van der Waals surface area contributed by atoms with Crippen LogP contribution in [0, 0.1) is 101 Å². The summed E-state index contributed by atoms with van der Waals surface area (Å²) >= 11 is 0. The minimum atomic E-state index is -2.26. The molecule has 0 saturated heterocycles. The quantitative estimate of drug-likeness (QED) is 0.197. The van der Waals surface area contributed by atoms with Gasteiger partial charge >= 0.3 is 0 Å². The zero-order valence-electron chi connectivity index (χ0n) is 34.7. The summed E-state index contributed by atoms with van der Waals surface area (Å²) in [7, 11) is 8.15. The fraction of sp³-hybridized carbons (Fsp3) is 1.00. The molecule has 5 heteroatoms. The number of hydrogen-bond acceptors (Lipinski definition) is 1. The van der Waals surface area contributed by atoms with Gasteiger partial charge in [0.1, 0.15) is 0 Å². The van der Waals surface area contributed by atoms with Gasteiger partial charge in [-0.3, -0.25) is 14.1 Å². The van der Waals surface area contributed by atoms with Crippen molar-refractivity contribution in [1.82, 2.24) is 14.0 Å². The minimum absolute atomic E-state index is 0.358. The molecule has 296 valence electrons. The van der Waals surface area contributed by atoms with Crippen LogP contribution in [0.1, 0.15) is 154 Å². The molecule has 12 bridgehead atoms. The third-order valence-electron chi connectivity index (χ3n) is 21.5. The number of nitrogens with zero attached hydrogens (tertiary/aromatic N) is 4. The van der Waals surface area contributed by atoms with Gasteiger partial charge in [0.2, 0.25) is 0 Å². The van der Waals surface area contributed by atoms with Crippen LogP contribution >= 0.6 is 7.51 Å². The predicted molar refractivity (Wildman–Crippen MR) is 219 cm³/mol. The third kappa shape index (κ3) is 5.04. The largest absolute Gasteiger partial charge is 0.257 e. The van der Waals surface area contributed by atoms with Crippen molar-refractivity contribution in [2.75, 3.05) is 28.2 Å². The van der Waals surface area contributed by atoms with Crippen molar-refractivity contribution in [2.24, 2.45) is 105 Å². The Labute approximate surface area is 325 Å². The number of hydrogen-bond donors (Lipinski definition) is 0. The van der Waals surface area contributed by atoms with Gasteiger partial charge in [-0.05, 0) is 244 Å². The highest BCUT2D eigenvalue weighted by atomic mass is 31.2. The number of fused-ring (bicyclic) bond motifs is 12. The molecule has 0 aromatic rings. The summed E-state index contributed by atoms with van der Waals surface area (Å²) in [5.74, 6) is 16.6. The molecular formula is C48H79N4P. The van der Waals surface area contributed by atoms with E-state index < -0.39 is 7.51 Å². The third-order valence-corrected chi connectivity index (χ3v) is 25.4. The normalized spacial score (nSPS) is 53.2. The molecule has 4 nitrogen and oxygen atoms in total. The SMILES string of the molecule is CN(C)P(=NC1CC2CCC1C2)(N(C)C)N(C(C1CC2CCC1C2)C1CC2CCC1C2)C(C1CC2CCC1C2)(C1CC2CCC1C2)C1CC2CCC1C2. The van der Waals surface area contributed by atoms with E-state index in [2.05, 4.69) is 42.2 Å². The van der Waals surface area contributed by atoms with Crippen molar-refractivity contribution in [3.8, 4) is 0 Å². The predicted octanol–water partition coefficient (Wildman–Crippen LogP) is 11.8. The van der Waals surface area contributed by atoms with Gasteiger partial charge in [-0.15, -0.1) is 0 Å². The molecule has 12 fully saturated rings. The molecule has 18 unspecified atom stereocenters. The summed E-state index contributed by atoms with van der Waals surface area (Å²) in [6.45, 7) is 0. The van der Waals surface area contributed by atoms with E-state index in [9.17, 15) is 0 Å². The summed E-state index contributed by atoms with van der Waals surface area (Å²) in [6.07, 6.45) is 37.4. The first-order chi connectivity index (χ1) is 25.8. The van der Waals surface area contributed by atoms with Crippen LogP contribution in [-0.2, 0) is 0 Å². The highest BCUT2D eigenvalue weighted by molar-refractivity contribution is 7.59. The second-order valence-corrected chi connectivity index (χ2v) is 27.2. The van der Waals surface area contributed by atoms with Gasteiger partial charge < -0.3 is 0 Å². The first-order valence-corrected chi connectivity index (χ1v) is 26.2.